The summed E-state index contributed by atoms with van der Waals surface area (Å²) in [6.45, 7) is 14.4. The Bertz CT molecular complexity index is 6380. The fraction of sp³-hybridized carbons (Fsp3) is 0.355. The van der Waals surface area contributed by atoms with Gasteiger partial charge in [0.1, 0.15) is 28.2 Å². The van der Waals surface area contributed by atoms with Crippen LogP contribution in [0.15, 0.2) is 231 Å². The molecule has 0 atom stereocenters. The lowest BCUT2D eigenvalue weighted by Gasteiger charge is -2.22. The predicted octanol–water partition coefficient (Wildman–Crippen LogP) is 27.7. The molecule has 0 bridgehead atoms. The maximum absolute atomic E-state index is 8.31. The van der Waals surface area contributed by atoms with Gasteiger partial charge in [-0.05, 0) is 292 Å². The first-order valence-corrected chi connectivity index (χ1v) is 43.7. The van der Waals surface area contributed by atoms with Gasteiger partial charge in [0.2, 0.25) is 22.8 Å². The molecule has 590 valence electrons. The van der Waals surface area contributed by atoms with E-state index in [0.29, 0.717) is 23.6 Å². The topological polar surface area (TPSA) is 33.3 Å². The summed E-state index contributed by atoms with van der Waals surface area (Å²) < 4.78 is 60.0. The van der Waals surface area contributed by atoms with Crippen molar-refractivity contribution in [2.45, 2.75) is 227 Å². The van der Waals surface area contributed by atoms with Crippen LogP contribution in [0.2, 0.25) is 0 Å². The van der Waals surface area contributed by atoms with Gasteiger partial charge in [-0.25, -0.2) is 18.3 Å². The van der Waals surface area contributed by atoms with Crippen molar-refractivity contribution >= 4 is 64.9 Å². The molecule has 0 radical (unpaired) electrons. The lowest BCUT2D eigenvalue weighted by Crippen LogP contribution is -2.31. The molecular formula is C110H124N6+4. The number of rotatable bonds is 11. The van der Waals surface area contributed by atoms with Gasteiger partial charge in [-0.15, -0.1) is 0 Å². The van der Waals surface area contributed by atoms with Crippen LogP contribution < -0.4 is 18.3 Å². The molecule has 6 nitrogen and oxygen atoms in total. The van der Waals surface area contributed by atoms with Gasteiger partial charge in [0.15, 0.2) is 24.8 Å². The van der Waals surface area contributed by atoms with Crippen LogP contribution in [0.1, 0.15) is 248 Å². The highest BCUT2D eigenvalue weighted by Gasteiger charge is 2.28. The van der Waals surface area contributed by atoms with E-state index in [4.69, 9.17) is 8.22 Å². The summed E-state index contributed by atoms with van der Waals surface area (Å²) in [5, 5.41) is 12.9. The van der Waals surface area contributed by atoms with E-state index in [1.165, 1.54) is 279 Å². The number of aryl methyl sites for hydroxylation is 9. The molecule has 4 aliphatic carbocycles. The van der Waals surface area contributed by atoms with E-state index < -0.39 is 13.2 Å². The van der Waals surface area contributed by atoms with Gasteiger partial charge in [-0.1, -0.05) is 187 Å². The van der Waals surface area contributed by atoms with E-state index >= 15 is 0 Å². The highest BCUT2D eigenvalue weighted by Crippen LogP contribution is 2.44. The second-order valence-electron chi connectivity index (χ2n) is 34.9. The normalized spacial score (nSPS) is 16.2. The van der Waals surface area contributed by atoms with Gasteiger partial charge in [-0.2, -0.15) is 0 Å². The minimum Gasteiger partial charge on any atom is -0.338 e. The van der Waals surface area contributed by atoms with Crippen molar-refractivity contribution < 1.29 is 26.5 Å². The van der Waals surface area contributed by atoms with Gasteiger partial charge in [0, 0.05) is 77.0 Å². The number of para-hydroxylation sites is 1. The maximum atomic E-state index is 8.31. The summed E-state index contributed by atoms with van der Waals surface area (Å²) in [5.74, 6) is 2.81. The first-order chi connectivity index (χ1) is 58.7. The average Bonchev–Trinajstić information content (AvgIpc) is 1.49. The van der Waals surface area contributed by atoms with Gasteiger partial charge >= 0.3 is 0 Å². The fourth-order valence-electron chi connectivity index (χ4n) is 20.4. The molecule has 4 saturated carbocycles. The summed E-state index contributed by atoms with van der Waals surface area (Å²) in [4.78, 5) is 4.30. The number of fused-ring (bicyclic) bond motifs is 7. The largest absolute Gasteiger partial charge is 0.338 e. The molecule has 0 N–H and O–H groups in total. The van der Waals surface area contributed by atoms with E-state index in [-0.39, 0.29) is 5.56 Å². The Kier molecular flexibility index (Phi) is 21.9. The second-order valence-corrected chi connectivity index (χ2v) is 34.9. The quantitative estimate of drug-likeness (QED) is 0.119. The molecular weight excluding hydrogens is 1410 g/mol. The Morgan fingerprint density at radius 3 is 1.28 bits per heavy atom. The highest BCUT2D eigenvalue weighted by atomic mass is 15.0. The average molecular weight is 1540 g/mol. The SMILES string of the molecule is Cc1cc2c3ccccc3n(C(C)C)c2cc1-c1c2ccc(C3CCCCC3)cc2cc[n+]1C.Cc1ccc(-c2cccnc2)cc1-c1c2ccc(C3CCCCC3)cc2cc[n+]1C.[2H]C([2H])([2H])c1cc(-c2c3ccc(C4CCCCC4)cc3cc[n+]2C)c(C)c(C([2H])([2H])C)c1.[2H]c1cc(C)c(C)c(-c2c3ccc(C4CCCCC4)cc3cc[n+]2C)c1. The zero-order valence-corrected chi connectivity index (χ0v) is 71.1. The Hall–Kier alpha value is -10.4. The standard InChI is InChI=1S/C32H35N2.C28H29N2.C26H32N.C24H28N/c1-21(2)34-30-13-9-8-12-27(30)29-18-22(3)28(20-31(29)34)32-26-15-14-24(23-10-6-5-7-11-23)19-25(26)16-17-33(32)4;1-20-10-11-23(25-9-6-15-29-19-25)18-27(20)28-26-13-12-22(21-7-4-3-5-8-21)17-24(26)14-16-30(28)2;1-5-20-15-18(2)16-25(19(20)3)26-24-12-11-22(21-9-7-6-8-10-21)17-23(24)13-14-27(26)4;1-17-8-7-11-22(18(17)2)24-23-13-12-20(19-9-5-4-6-10-19)16-21(23)14-15-25(24)3/h8-9,12-21,23H,5-7,10-11H2,1-4H3;6,9-19,21H,3-5,7-8H2,1-2H3;11-17,21H,5-10H2,1-4H3;7-8,11-16,19H,4-6,9-10H2,1-3H3/q4*+1/i;;2D3,5D2;7D. The van der Waals surface area contributed by atoms with Crippen LogP contribution in [0.5, 0.6) is 0 Å². The Morgan fingerprint density at radius 2 is 0.836 bits per heavy atom. The molecule has 0 amide bonds. The smallest absolute Gasteiger partial charge is 0.220 e. The minimum absolute atomic E-state index is 0.176. The Morgan fingerprint density at radius 1 is 0.388 bits per heavy atom. The predicted molar refractivity (Wildman–Crippen MR) is 490 cm³/mol. The monoisotopic (exact) mass is 1540 g/mol. The summed E-state index contributed by atoms with van der Waals surface area (Å²) in [6, 6.07) is 69.8. The van der Waals surface area contributed by atoms with Crippen molar-refractivity contribution in [1.82, 2.24) is 9.55 Å². The van der Waals surface area contributed by atoms with Gasteiger partial charge in [0.05, 0.1) is 45.1 Å². The number of benzene rings is 9. The maximum Gasteiger partial charge on any atom is 0.220 e. The van der Waals surface area contributed by atoms with Crippen LogP contribution in [0.4, 0.5) is 0 Å². The Balaban J connectivity index is 0.000000121. The number of hydrogen-bond donors (Lipinski definition) is 0. The van der Waals surface area contributed by atoms with Crippen LogP contribution in [-0.2, 0) is 34.6 Å². The molecule has 6 heterocycles. The molecule has 4 fully saturated rings. The van der Waals surface area contributed by atoms with Crippen molar-refractivity contribution in [3.8, 4) is 56.2 Å². The van der Waals surface area contributed by atoms with Crippen molar-refractivity contribution in [2.24, 2.45) is 28.2 Å². The molecule has 0 saturated heterocycles. The summed E-state index contributed by atoms with van der Waals surface area (Å²) >= 11 is 0. The van der Waals surface area contributed by atoms with Crippen molar-refractivity contribution in [1.29, 1.82) is 0 Å². The second kappa shape index (κ2) is 35.2. The zero-order chi connectivity index (χ0) is 85.4. The molecule has 0 unspecified atom stereocenters. The molecule has 0 spiro atoms. The summed E-state index contributed by atoms with van der Waals surface area (Å²) in [7, 11) is 8.41. The van der Waals surface area contributed by atoms with Crippen molar-refractivity contribution in [2.75, 3.05) is 0 Å². The van der Waals surface area contributed by atoms with Gasteiger partial charge in [-0.3, -0.25) is 4.98 Å². The molecule has 9 aromatic carbocycles. The first-order valence-electron chi connectivity index (χ1n) is 46.7. The highest BCUT2D eigenvalue weighted by molar-refractivity contribution is 6.10. The molecule has 15 aromatic rings. The van der Waals surface area contributed by atoms with Crippen LogP contribution in [0, 0.1) is 41.5 Å². The number of nitrogens with zero attached hydrogens (tertiary/aromatic N) is 6. The molecule has 6 aromatic heterocycles. The third-order valence-electron chi connectivity index (χ3n) is 27.0. The van der Waals surface area contributed by atoms with Gasteiger partial charge < -0.3 is 4.57 Å². The fourth-order valence-corrected chi connectivity index (χ4v) is 20.4. The van der Waals surface area contributed by atoms with Crippen LogP contribution in [0.25, 0.3) is 121 Å². The molecule has 0 aliphatic heterocycles. The minimum atomic E-state index is -2.31. The third kappa shape index (κ3) is 16.4. The lowest BCUT2D eigenvalue weighted by molar-refractivity contribution is -0.659. The lowest BCUT2D eigenvalue weighted by atomic mass is 9.83. The van der Waals surface area contributed by atoms with E-state index in [9.17, 15) is 0 Å². The van der Waals surface area contributed by atoms with Crippen molar-refractivity contribution in [3.63, 3.8) is 0 Å². The van der Waals surface area contributed by atoms with Crippen LogP contribution in [-0.4, -0.2) is 9.55 Å². The molecule has 4 aliphatic rings. The zero-order valence-electron chi connectivity index (χ0n) is 77.1. The van der Waals surface area contributed by atoms with Crippen molar-refractivity contribution in [3.05, 3.63) is 292 Å². The van der Waals surface area contributed by atoms with E-state index in [1.54, 1.807) is 6.07 Å². The Labute approximate surface area is 700 Å². The summed E-state index contributed by atoms with van der Waals surface area (Å²) in [6.07, 6.45) is 37.6. The van der Waals surface area contributed by atoms with E-state index in [2.05, 4.69) is 262 Å². The number of hydrogen-bond acceptors (Lipinski definition) is 1. The number of pyridine rings is 5. The third-order valence-corrected chi connectivity index (χ3v) is 27.0. The molecule has 6 heteroatoms. The number of aromatic nitrogens is 6. The first kappa shape index (κ1) is 72.1. The summed E-state index contributed by atoms with van der Waals surface area (Å²) in [5.41, 5.74) is 26.7. The van der Waals surface area contributed by atoms with Crippen LogP contribution >= 0.6 is 0 Å². The van der Waals surface area contributed by atoms with Gasteiger partial charge in [0.25, 0.3) is 0 Å². The molecule has 116 heavy (non-hydrogen) atoms. The van der Waals surface area contributed by atoms with Crippen LogP contribution in [0.3, 0.4) is 0 Å². The van der Waals surface area contributed by atoms with E-state index in [1.807, 2.05) is 55.3 Å². The molecule has 19 rings (SSSR count). The van der Waals surface area contributed by atoms with E-state index in [0.717, 1.165) is 50.9 Å².